The monoisotopic (exact) mass is 247 g/mol. The normalized spacial score (nSPS) is 23.8. The molecule has 1 saturated carbocycles. The zero-order valence-electron chi connectivity index (χ0n) is 10.2. The number of nitrogens with two attached hydrogens (primary N) is 1. The van der Waals surface area contributed by atoms with Crippen molar-refractivity contribution >= 4 is 17.0 Å². The number of nitrogens with zero attached hydrogens (tertiary/aromatic N) is 4. The zero-order chi connectivity index (χ0) is 12.5. The number of hydrogen-bond donors (Lipinski definition) is 2. The highest BCUT2D eigenvalue weighted by atomic mass is 16.3. The van der Waals surface area contributed by atoms with Gasteiger partial charge in [0.1, 0.15) is 11.8 Å². The molecule has 2 atom stereocenters. The Labute approximate surface area is 105 Å². The highest BCUT2D eigenvalue weighted by Crippen LogP contribution is 2.33. The van der Waals surface area contributed by atoms with E-state index in [4.69, 9.17) is 5.73 Å². The summed E-state index contributed by atoms with van der Waals surface area (Å²) in [4.78, 5) is 12.4. The lowest BCUT2D eigenvalue weighted by Crippen LogP contribution is -2.18. The predicted octanol–water partition coefficient (Wildman–Crippen LogP) is 0.817. The van der Waals surface area contributed by atoms with Gasteiger partial charge in [0.2, 0.25) is 0 Å². The van der Waals surface area contributed by atoms with Gasteiger partial charge >= 0.3 is 0 Å². The van der Waals surface area contributed by atoms with Crippen LogP contribution in [0.25, 0.3) is 11.2 Å². The summed E-state index contributed by atoms with van der Waals surface area (Å²) in [5.74, 6) is 1.33. The van der Waals surface area contributed by atoms with Gasteiger partial charge in [-0.2, -0.15) is 0 Å². The van der Waals surface area contributed by atoms with E-state index in [9.17, 15) is 5.11 Å². The summed E-state index contributed by atoms with van der Waals surface area (Å²) < 4.78 is 2.02. The van der Waals surface area contributed by atoms with E-state index in [0.29, 0.717) is 23.2 Å². The zero-order valence-corrected chi connectivity index (χ0v) is 10.2. The largest absolute Gasteiger partial charge is 0.396 e. The number of aliphatic hydroxyl groups is 1. The van der Waals surface area contributed by atoms with Crippen molar-refractivity contribution in [2.45, 2.75) is 25.8 Å². The Morgan fingerprint density at radius 2 is 2.11 bits per heavy atom. The molecule has 6 nitrogen and oxygen atoms in total. The number of aliphatic hydroxyl groups excluding tert-OH is 1. The molecule has 0 saturated heterocycles. The van der Waals surface area contributed by atoms with Crippen molar-refractivity contribution < 1.29 is 5.11 Å². The van der Waals surface area contributed by atoms with E-state index in [-0.39, 0.29) is 6.61 Å². The van der Waals surface area contributed by atoms with Crippen molar-refractivity contribution in [2.24, 2.45) is 11.8 Å². The van der Waals surface area contributed by atoms with Gasteiger partial charge in [-0.1, -0.05) is 6.42 Å². The lowest BCUT2D eigenvalue weighted by molar-refractivity contribution is 0.185. The average molecular weight is 247 g/mol. The maximum Gasteiger partial charge on any atom is 0.165 e. The van der Waals surface area contributed by atoms with E-state index in [1.165, 1.54) is 12.7 Å². The molecule has 0 aliphatic heterocycles. The minimum absolute atomic E-state index is 0.272. The molecule has 0 radical (unpaired) electrons. The summed E-state index contributed by atoms with van der Waals surface area (Å²) in [6, 6.07) is 0. The second-order valence-corrected chi connectivity index (χ2v) is 4.96. The van der Waals surface area contributed by atoms with Crippen LogP contribution in [0.3, 0.4) is 0 Å². The molecule has 1 aliphatic rings. The number of fused-ring (bicyclic) bond motifs is 1. The molecular weight excluding hydrogens is 230 g/mol. The highest BCUT2D eigenvalue weighted by molar-refractivity contribution is 5.81. The Kier molecular flexibility index (Phi) is 2.87. The quantitative estimate of drug-likeness (QED) is 0.838. The maximum absolute atomic E-state index is 9.35. The van der Waals surface area contributed by atoms with Crippen LogP contribution in [0.1, 0.15) is 19.3 Å². The highest BCUT2D eigenvalue weighted by Gasteiger charge is 2.27. The van der Waals surface area contributed by atoms with Gasteiger partial charge in [0, 0.05) is 13.2 Å². The van der Waals surface area contributed by atoms with E-state index < -0.39 is 0 Å². The first kappa shape index (κ1) is 11.4. The van der Waals surface area contributed by atoms with Crippen LogP contribution in [0, 0.1) is 11.8 Å². The molecule has 3 rings (SSSR count). The van der Waals surface area contributed by atoms with E-state index in [1.54, 1.807) is 6.33 Å². The molecule has 2 heterocycles. The SMILES string of the molecule is Nc1ncnc2c1ncn2C[C@H]1CCC[C@H]1CO. The van der Waals surface area contributed by atoms with E-state index in [1.807, 2.05) is 4.57 Å². The van der Waals surface area contributed by atoms with Gasteiger partial charge in [-0.25, -0.2) is 15.0 Å². The molecule has 1 fully saturated rings. The van der Waals surface area contributed by atoms with Crippen molar-refractivity contribution in [3.05, 3.63) is 12.7 Å². The Hall–Kier alpha value is -1.69. The van der Waals surface area contributed by atoms with E-state index in [0.717, 1.165) is 25.0 Å². The van der Waals surface area contributed by atoms with E-state index in [2.05, 4.69) is 15.0 Å². The topological polar surface area (TPSA) is 89.9 Å². The van der Waals surface area contributed by atoms with Crippen LogP contribution in [0.5, 0.6) is 0 Å². The molecule has 0 aromatic carbocycles. The Balaban J connectivity index is 1.89. The first-order valence-electron chi connectivity index (χ1n) is 6.31. The Morgan fingerprint density at radius 1 is 1.28 bits per heavy atom. The van der Waals surface area contributed by atoms with Gasteiger partial charge in [-0.3, -0.25) is 0 Å². The smallest absolute Gasteiger partial charge is 0.165 e. The first-order valence-corrected chi connectivity index (χ1v) is 6.31. The molecule has 2 aromatic rings. The van der Waals surface area contributed by atoms with Crippen molar-refractivity contribution in [3.63, 3.8) is 0 Å². The summed E-state index contributed by atoms with van der Waals surface area (Å²) in [6.07, 6.45) is 6.70. The summed E-state index contributed by atoms with van der Waals surface area (Å²) in [5.41, 5.74) is 7.21. The number of imidazole rings is 1. The fourth-order valence-corrected chi connectivity index (χ4v) is 2.88. The minimum Gasteiger partial charge on any atom is -0.396 e. The number of rotatable bonds is 3. The number of aromatic nitrogens is 4. The Morgan fingerprint density at radius 3 is 2.94 bits per heavy atom. The van der Waals surface area contributed by atoms with Crippen molar-refractivity contribution in [2.75, 3.05) is 12.3 Å². The third-order valence-electron chi connectivity index (χ3n) is 3.91. The van der Waals surface area contributed by atoms with Crippen LogP contribution in [-0.2, 0) is 6.54 Å². The number of anilines is 1. The molecule has 0 spiro atoms. The van der Waals surface area contributed by atoms with Crippen LogP contribution in [0.2, 0.25) is 0 Å². The van der Waals surface area contributed by atoms with Crippen molar-refractivity contribution in [1.29, 1.82) is 0 Å². The molecule has 1 aliphatic carbocycles. The lowest BCUT2D eigenvalue weighted by Gasteiger charge is -2.17. The molecule has 0 amide bonds. The van der Waals surface area contributed by atoms with Gasteiger partial charge in [0.15, 0.2) is 11.5 Å². The van der Waals surface area contributed by atoms with Gasteiger partial charge in [-0.05, 0) is 24.7 Å². The molecule has 96 valence electrons. The molecule has 3 N–H and O–H groups in total. The molecule has 0 bridgehead atoms. The molecular formula is C12H17N5O. The van der Waals surface area contributed by atoms with Gasteiger partial charge in [-0.15, -0.1) is 0 Å². The van der Waals surface area contributed by atoms with Gasteiger partial charge in [0.25, 0.3) is 0 Å². The summed E-state index contributed by atoms with van der Waals surface area (Å²) in [5, 5.41) is 9.35. The predicted molar refractivity (Wildman–Crippen MR) is 67.7 cm³/mol. The molecule has 6 heteroatoms. The molecule has 18 heavy (non-hydrogen) atoms. The molecule has 2 aromatic heterocycles. The van der Waals surface area contributed by atoms with E-state index >= 15 is 0 Å². The summed E-state index contributed by atoms with van der Waals surface area (Å²) in [7, 11) is 0. The van der Waals surface area contributed by atoms with Crippen LogP contribution in [-0.4, -0.2) is 31.2 Å². The third kappa shape index (κ3) is 1.82. The van der Waals surface area contributed by atoms with Gasteiger partial charge in [0.05, 0.1) is 6.33 Å². The fraction of sp³-hybridized carbons (Fsp3) is 0.583. The van der Waals surface area contributed by atoms with Crippen LogP contribution < -0.4 is 5.73 Å². The molecule has 0 unspecified atom stereocenters. The van der Waals surface area contributed by atoms with Crippen LogP contribution in [0.4, 0.5) is 5.82 Å². The van der Waals surface area contributed by atoms with Gasteiger partial charge < -0.3 is 15.4 Å². The first-order chi connectivity index (χ1) is 8.79. The summed E-state index contributed by atoms with van der Waals surface area (Å²) in [6.45, 7) is 1.12. The maximum atomic E-state index is 9.35. The standard InChI is InChI=1S/C12H17N5O/c13-11-10-12(15-6-14-11)17(7-16-10)4-8-2-1-3-9(8)5-18/h6-9,18H,1-5H2,(H2,13,14,15)/t8-,9+/m1/s1. The second kappa shape index (κ2) is 4.53. The Bertz CT molecular complexity index is 552. The number of nitrogen functional groups attached to an aromatic ring is 1. The fourth-order valence-electron chi connectivity index (χ4n) is 2.88. The van der Waals surface area contributed by atoms with Crippen LogP contribution >= 0.6 is 0 Å². The van der Waals surface area contributed by atoms with Crippen LogP contribution in [0.15, 0.2) is 12.7 Å². The second-order valence-electron chi connectivity index (χ2n) is 4.96. The third-order valence-corrected chi connectivity index (χ3v) is 3.91. The average Bonchev–Trinajstić information content (AvgIpc) is 2.98. The lowest BCUT2D eigenvalue weighted by atomic mass is 9.97. The van der Waals surface area contributed by atoms with Crippen molar-refractivity contribution in [1.82, 2.24) is 19.5 Å². The van der Waals surface area contributed by atoms with Crippen molar-refractivity contribution in [3.8, 4) is 0 Å². The summed E-state index contributed by atoms with van der Waals surface area (Å²) >= 11 is 0. The minimum atomic E-state index is 0.272. The number of hydrogen-bond acceptors (Lipinski definition) is 5.